The number of nitrogens with zero attached hydrogens (tertiary/aromatic N) is 2. The summed E-state index contributed by atoms with van der Waals surface area (Å²) < 4.78 is 0. The number of carbonyl (C=O) groups is 1. The zero-order valence-corrected chi connectivity index (χ0v) is 12.4. The lowest BCUT2D eigenvalue weighted by molar-refractivity contribution is -0.138. The third-order valence-corrected chi connectivity index (χ3v) is 4.03. The van der Waals surface area contributed by atoms with Crippen LogP contribution in [0.3, 0.4) is 0 Å². The fourth-order valence-electron chi connectivity index (χ4n) is 2.59. The molecule has 0 saturated carbocycles. The van der Waals surface area contributed by atoms with Crippen molar-refractivity contribution in [2.75, 3.05) is 40.3 Å². The van der Waals surface area contributed by atoms with Crippen LogP contribution in [0.15, 0.2) is 0 Å². The standard InChI is InChI=1S/C14H29N3O/c1-14(2,11-15)13(18)17(4)9-7-12-6-5-8-16(3)10-12/h12H,5-11,15H2,1-4H3. The van der Waals surface area contributed by atoms with E-state index in [-0.39, 0.29) is 5.91 Å². The van der Waals surface area contributed by atoms with E-state index in [0.29, 0.717) is 6.54 Å². The van der Waals surface area contributed by atoms with E-state index in [1.807, 2.05) is 25.8 Å². The summed E-state index contributed by atoms with van der Waals surface area (Å²) in [5, 5.41) is 0. The molecular weight excluding hydrogens is 226 g/mol. The Bertz CT molecular complexity index is 278. The average Bonchev–Trinajstić information content (AvgIpc) is 2.35. The van der Waals surface area contributed by atoms with Gasteiger partial charge in [-0.15, -0.1) is 0 Å². The van der Waals surface area contributed by atoms with Crippen molar-refractivity contribution in [3.63, 3.8) is 0 Å². The first-order valence-electron chi connectivity index (χ1n) is 7.01. The summed E-state index contributed by atoms with van der Waals surface area (Å²) in [6, 6.07) is 0. The molecule has 1 amide bonds. The zero-order valence-electron chi connectivity index (χ0n) is 12.4. The van der Waals surface area contributed by atoms with E-state index in [4.69, 9.17) is 5.73 Å². The van der Waals surface area contributed by atoms with Gasteiger partial charge < -0.3 is 15.5 Å². The Morgan fingerprint density at radius 1 is 1.50 bits per heavy atom. The highest BCUT2D eigenvalue weighted by Crippen LogP contribution is 2.20. The van der Waals surface area contributed by atoms with Gasteiger partial charge in [-0.05, 0) is 52.6 Å². The van der Waals surface area contributed by atoms with Crippen molar-refractivity contribution in [1.82, 2.24) is 9.80 Å². The van der Waals surface area contributed by atoms with Crippen LogP contribution in [0.25, 0.3) is 0 Å². The molecule has 4 nitrogen and oxygen atoms in total. The molecule has 1 rings (SSSR count). The fourth-order valence-corrected chi connectivity index (χ4v) is 2.59. The molecule has 1 saturated heterocycles. The van der Waals surface area contributed by atoms with Crippen molar-refractivity contribution in [3.05, 3.63) is 0 Å². The van der Waals surface area contributed by atoms with Crippen LogP contribution in [0.5, 0.6) is 0 Å². The summed E-state index contributed by atoms with van der Waals surface area (Å²) in [7, 11) is 4.07. The van der Waals surface area contributed by atoms with E-state index < -0.39 is 5.41 Å². The maximum absolute atomic E-state index is 12.2. The number of carbonyl (C=O) groups excluding carboxylic acids is 1. The molecule has 1 fully saturated rings. The SMILES string of the molecule is CN1CCCC(CCN(C)C(=O)C(C)(C)CN)C1. The van der Waals surface area contributed by atoms with Gasteiger partial charge in [0.1, 0.15) is 0 Å². The molecule has 1 atom stereocenters. The lowest BCUT2D eigenvalue weighted by Crippen LogP contribution is -2.44. The van der Waals surface area contributed by atoms with Gasteiger partial charge in [-0.1, -0.05) is 0 Å². The highest BCUT2D eigenvalue weighted by Gasteiger charge is 2.29. The van der Waals surface area contributed by atoms with Crippen LogP contribution in [0.1, 0.15) is 33.1 Å². The second kappa shape index (κ2) is 6.53. The highest BCUT2D eigenvalue weighted by molar-refractivity contribution is 5.81. The van der Waals surface area contributed by atoms with E-state index in [9.17, 15) is 4.79 Å². The van der Waals surface area contributed by atoms with Crippen molar-refractivity contribution in [1.29, 1.82) is 0 Å². The third-order valence-electron chi connectivity index (χ3n) is 4.03. The smallest absolute Gasteiger partial charge is 0.229 e. The number of piperidine rings is 1. The average molecular weight is 255 g/mol. The van der Waals surface area contributed by atoms with Crippen LogP contribution in [-0.2, 0) is 4.79 Å². The summed E-state index contributed by atoms with van der Waals surface area (Å²) in [5.41, 5.74) is 5.22. The number of amides is 1. The number of hydrogen-bond donors (Lipinski definition) is 1. The topological polar surface area (TPSA) is 49.6 Å². The first kappa shape index (κ1) is 15.4. The van der Waals surface area contributed by atoms with Crippen LogP contribution in [0.4, 0.5) is 0 Å². The Labute approximate surface area is 111 Å². The minimum atomic E-state index is -0.432. The maximum atomic E-state index is 12.2. The molecule has 1 heterocycles. The summed E-state index contributed by atoms with van der Waals surface area (Å²) in [4.78, 5) is 16.4. The van der Waals surface area contributed by atoms with Crippen molar-refractivity contribution in [2.24, 2.45) is 17.1 Å². The largest absolute Gasteiger partial charge is 0.345 e. The first-order chi connectivity index (χ1) is 8.36. The number of nitrogens with two attached hydrogens (primary N) is 1. The van der Waals surface area contributed by atoms with Crippen LogP contribution in [0, 0.1) is 11.3 Å². The van der Waals surface area contributed by atoms with Crippen molar-refractivity contribution >= 4 is 5.91 Å². The summed E-state index contributed by atoms with van der Waals surface area (Å²) in [5.74, 6) is 0.897. The Kier molecular flexibility index (Phi) is 5.60. The second-order valence-corrected chi connectivity index (χ2v) is 6.37. The molecule has 0 aliphatic carbocycles. The molecule has 0 spiro atoms. The van der Waals surface area contributed by atoms with Crippen molar-refractivity contribution < 1.29 is 4.79 Å². The van der Waals surface area contributed by atoms with Gasteiger partial charge in [-0.3, -0.25) is 4.79 Å². The molecule has 0 bridgehead atoms. The highest BCUT2D eigenvalue weighted by atomic mass is 16.2. The van der Waals surface area contributed by atoms with Gasteiger partial charge in [0.05, 0.1) is 5.41 Å². The summed E-state index contributed by atoms with van der Waals surface area (Å²) in [6.07, 6.45) is 3.69. The lowest BCUT2D eigenvalue weighted by Gasteiger charge is -2.32. The van der Waals surface area contributed by atoms with Crippen LogP contribution in [-0.4, -0.2) is 56.0 Å². The Morgan fingerprint density at radius 3 is 2.72 bits per heavy atom. The van der Waals surface area contributed by atoms with Crippen LogP contribution < -0.4 is 5.73 Å². The molecule has 0 aromatic rings. The molecule has 106 valence electrons. The van der Waals surface area contributed by atoms with Crippen molar-refractivity contribution in [2.45, 2.75) is 33.1 Å². The Balaban J connectivity index is 2.36. The predicted molar refractivity (Wildman–Crippen MR) is 75.3 cm³/mol. The third kappa shape index (κ3) is 4.25. The maximum Gasteiger partial charge on any atom is 0.229 e. The fraction of sp³-hybridized carbons (Fsp3) is 0.929. The van der Waals surface area contributed by atoms with E-state index in [1.54, 1.807) is 0 Å². The van der Waals surface area contributed by atoms with Crippen LogP contribution in [0.2, 0.25) is 0 Å². The number of likely N-dealkylation sites (tertiary alicyclic amines) is 1. The van der Waals surface area contributed by atoms with E-state index >= 15 is 0 Å². The molecule has 18 heavy (non-hydrogen) atoms. The van der Waals surface area contributed by atoms with Gasteiger partial charge in [0.15, 0.2) is 0 Å². The van der Waals surface area contributed by atoms with Gasteiger partial charge in [0.25, 0.3) is 0 Å². The van der Waals surface area contributed by atoms with Gasteiger partial charge >= 0.3 is 0 Å². The molecule has 4 heteroatoms. The molecule has 0 radical (unpaired) electrons. The van der Waals surface area contributed by atoms with Crippen LogP contribution >= 0.6 is 0 Å². The normalized spacial score (nSPS) is 21.9. The molecule has 1 aliphatic heterocycles. The van der Waals surface area contributed by atoms with E-state index in [0.717, 1.165) is 18.9 Å². The number of hydrogen-bond acceptors (Lipinski definition) is 3. The molecule has 0 aromatic heterocycles. The van der Waals surface area contributed by atoms with E-state index in [2.05, 4.69) is 11.9 Å². The minimum absolute atomic E-state index is 0.161. The second-order valence-electron chi connectivity index (χ2n) is 6.37. The molecule has 0 aromatic carbocycles. The monoisotopic (exact) mass is 255 g/mol. The number of rotatable bonds is 5. The van der Waals surface area contributed by atoms with E-state index in [1.165, 1.54) is 25.9 Å². The Morgan fingerprint density at radius 2 is 2.17 bits per heavy atom. The van der Waals surface area contributed by atoms with Gasteiger partial charge in [0.2, 0.25) is 5.91 Å². The molecule has 1 unspecified atom stereocenters. The Hall–Kier alpha value is -0.610. The lowest BCUT2D eigenvalue weighted by atomic mass is 9.91. The van der Waals surface area contributed by atoms with Gasteiger partial charge in [0, 0.05) is 26.7 Å². The molecule has 2 N–H and O–H groups in total. The molecular formula is C14H29N3O. The summed E-state index contributed by atoms with van der Waals surface area (Å²) in [6.45, 7) is 7.47. The zero-order chi connectivity index (χ0) is 13.8. The minimum Gasteiger partial charge on any atom is -0.345 e. The predicted octanol–water partition coefficient (Wildman–Crippen LogP) is 1.16. The molecule has 1 aliphatic rings. The van der Waals surface area contributed by atoms with Gasteiger partial charge in [-0.25, -0.2) is 0 Å². The van der Waals surface area contributed by atoms with Gasteiger partial charge in [-0.2, -0.15) is 0 Å². The summed E-state index contributed by atoms with van der Waals surface area (Å²) >= 11 is 0. The first-order valence-corrected chi connectivity index (χ1v) is 7.01. The quantitative estimate of drug-likeness (QED) is 0.802. The van der Waals surface area contributed by atoms with Crippen molar-refractivity contribution in [3.8, 4) is 0 Å².